The fraction of sp³-hybridized carbons (Fsp3) is 0.619. The molecule has 0 saturated heterocycles. The topological polar surface area (TPSA) is 70.4 Å². The van der Waals surface area contributed by atoms with Crippen molar-refractivity contribution in [2.45, 2.75) is 71.1 Å². The Bertz CT molecular complexity index is 629. The average Bonchev–Trinajstić information content (AvgIpc) is 2.61. The van der Waals surface area contributed by atoms with Crippen molar-refractivity contribution in [3.63, 3.8) is 0 Å². The molecule has 0 heterocycles. The number of hydrogen-bond acceptors (Lipinski definition) is 3. The number of likely N-dealkylation sites (N-methyl/N-ethyl adjacent to an activating group) is 1. The lowest BCUT2D eigenvalue weighted by Gasteiger charge is -2.36. The molecule has 4 N–H and O–H groups in total. The zero-order valence-electron chi connectivity index (χ0n) is 17.0. The second-order valence-corrected chi connectivity index (χ2v) is 9.06. The van der Waals surface area contributed by atoms with Crippen LogP contribution in [0.25, 0.3) is 0 Å². The number of amides is 1. The van der Waals surface area contributed by atoms with Crippen molar-refractivity contribution in [3.05, 3.63) is 35.9 Å². The Balaban J connectivity index is 2.01. The van der Waals surface area contributed by atoms with Crippen LogP contribution < -0.4 is 16.4 Å². The molecular formula is C21H34N4OS. The van der Waals surface area contributed by atoms with Crippen molar-refractivity contribution < 1.29 is 4.79 Å². The van der Waals surface area contributed by atoms with Gasteiger partial charge in [-0.1, -0.05) is 63.9 Å². The maximum atomic E-state index is 13.1. The average molecular weight is 391 g/mol. The largest absolute Gasteiger partial charge is 0.358 e. The zero-order valence-corrected chi connectivity index (χ0v) is 17.8. The van der Waals surface area contributed by atoms with Crippen molar-refractivity contribution in [3.8, 4) is 0 Å². The molecule has 1 aromatic carbocycles. The van der Waals surface area contributed by atoms with Gasteiger partial charge in [0.1, 0.15) is 6.04 Å². The van der Waals surface area contributed by atoms with Gasteiger partial charge in [-0.2, -0.15) is 0 Å². The number of carbonyl (C=O) groups excluding carboxylic acids is 1. The third-order valence-corrected chi connectivity index (χ3v) is 5.40. The molecule has 1 amide bonds. The summed E-state index contributed by atoms with van der Waals surface area (Å²) < 4.78 is 0. The van der Waals surface area contributed by atoms with Gasteiger partial charge in [0.15, 0.2) is 5.11 Å². The van der Waals surface area contributed by atoms with Crippen LogP contribution in [0.3, 0.4) is 0 Å². The maximum Gasteiger partial charge on any atom is 0.245 e. The third kappa shape index (κ3) is 6.47. The van der Waals surface area contributed by atoms with Crippen molar-refractivity contribution >= 4 is 23.2 Å². The van der Waals surface area contributed by atoms with Crippen molar-refractivity contribution in [1.29, 1.82) is 0 Å². The van der Waals surface area contributed by atoms with Gasteiger partial charge in [-0.3, -0.25) is 4.79 Å². The molecule has 6 heteroatoms. The molecular weight excluding hydrogens is 356 g/mol. The Kier molecular flexibility index (Phi) is 7.62. The number of nitrogens with one attached hydrogen (secondary N) is 2. The van der Waals surface area contributed by atoms with E-state index >= 15 is 0 Å². The number of hydrogen-bond donors (Lipinski definition) is 3. The molecule has 1 fully saturated rings. The normalized spacial score (nSPS) is 21.2. The summed E-state index contributed by atoms with van der Waals surface area (Å²) in [6.07, 6.45) is 4.37. The van der Waals surface area contributed by atoms with E-state index in [4.69, 9.17) is 18.0 Å². The van der Waals surface area contributed by atoms with Gasteiger partial charge in [-0.25, -0.2) is 0 Å². The lowest BCUT2D eigenvalue weighted by molar-refractivity contribution is -0.134. The Morgan fingerprint density at radius 2 is 1.89 bits per heavy atom. The number of rotatable bonds is 5. The quantitative estimate of drug-likeness (QED) is 0.675. The van der Waals surface area contributed by atoms with Crippen LogP contribution in [-0.2, 0) is 11.3 Å². The van der Waals surface area contributed by atoms with E-state index in [9.17, 15) is 4.79 Å². The van der Waals surface area contributed by atoms with Crippen LogP contribution in [0.2, 0.25) is 0 Å². The van der Waals surface area contributed by atoms with Crippen LogP contribution in [0.1, 0.15) is 52.0 Å². The molecule has 0 radical (unpaired) electrons. The number of nitrogens with zero attached hydrogens (tertiary/aromatic N) is 1. The minimum atomic E-state index is -0.411. The van der Waals surface area contributed by atoms with E-state index in [1.54, 1.807) is 4.90 Å². The number of thiocarbonyl (C=S) groups is 1. The minimum absolute atomic E-state index is 0.0310. The standard InChI is InChI=1S/C21H34N4OS/c1-21(2,3)18(19(26)25(4)14-15-10-6-5-7-11-15)24-20(27)23-17-13-9-8-12-16(17)22/h5-7,10-11,16-18H,8-9,12-14,22H2,1-4H3,(H2,23,24,27)/t16-,17-,18-/m0/s1. The molecule has 150 valence electrons. The van der Waals surface area contributed by atoms with E-state index < -0.39 is 6.04 Å². The van der Waals surface area contributed by atoms with Gasteiger partial charge in [0.25, 0.3) is 0 Å². The highest BCUT2D eigenvalue weighted by molar-refractivity contribution is 7.80. The predicted molar refractivity (Wildman–Crippen MR) is 115 cm³/mol. The molecule has 0 spiro atoms. The first kappa shape index (κ1) is 21.6. The first-order chi connectivity index (χ1) is 12.7. The highest BCUT2D eigenvalue weighted by atomic mass is 32.1. The van der Waals surface area contributed by atoms with Gasteiger partial charge in [-0.15, -0.1) is 0 Å². The number of nitrogens with two attached hydrogens (primary N) is 1. The smallest absolute Gasteiger partial charge is 0.245 e. The first-order valence-corrected chi connectivity index (χ1v) is 10.2. The van der Waals surface area contributed by atoms with E-state index in [0.717, 1.165) is 24.8 Å². The molecule has 0 bridgehead atoms. The van der Waals surface area contributed by atoms with Crippen molar-refractivity contribution in [1.82, 2.24) is 15.5 Å². The fourth-order valence-electron chi connectivity index (χ4n) is 3.48. The second kappa shape index (κ2) is 9.51. The van der Waals surface area contributed by atoms with Crippen LogP contribution in [-0.4, -0.2) is 41.1 Å². The molecule has 5 nitrogen and oxygen atoms in total. The molecule has 0 unspecified atom stereocenters. The summed E-state index contributed by atoms with van der Waals surface area (Å²) in [4.78, 5) is 14.9. The molecule has 1 aliphatic carbocycles. The van der Waals surface area contributed by atoms with E-state index in [2.05, 4.69) is 10.6 Å². The Morgan fingerprint density at radius 1 is 1.26 bits per heavy atom. The lowest BCUT2D eigenvalue weighted by Crippen LogP contribution is -2.59. The summed E-state index contributed by atoms with van der Waals surface area (Å²) in [5.41, 5.74) is 7.04. The maximum absolute atomic E-state index is 13.1. The minimum Gasteiger partial charge on any atom is -0.358 e. The first-order valence-electron chi connectivity index (χ1n) is 9.80. The molecule has 2 rings (SSSR count). The molecule has 1 aromatic rings. The van der Waals surface area contributed by atoms with Gasteiger partial charge in [0.2, 0.25) is 5.91 Å². The van der Waals surface area contributed by atoms with Crippen LogP contribution in [0.5, 0.6) is 0 Å². The fourth-order valence-corrected chi connectivity index (χ4v) is 3.75. The molecule has 0 aromatic heterocycles. The monoisotopic (exact) mass is 390 g/mol. The highest BCUT2D eigenvalue weighted by Crippen LogP contribution is 2.22. The van der Waals surface area contributed by atoms with Crippen molar-refractivity contribution in [2.24, 2.45) is 11.1 Å². The van der Waals surface area contributed by atoms with Gasteiger partial charge >= 0.3 is 0 Å². The van der Waals surface area contributed by atoms with Gasteiger partial charge < -0.3 is 21.3 Å². The van der Waals surface area contributed by atoms with E-state index in [1.807, 2.05) is 58.2 Å². The SMILES string of the molecule is CN(Cc1ccccc1)C(=O)[C@H](NC(=S)N[C@H]1CCCC[C@@H]1N)C(C)(C)C. The lowest BCUT2D eigenvalue weighted by atomic mass is 9.85. The molecule has 3 atom stereocenters. The van der Waals surface area contributed by atoms with Gasteiger partial charge in [0, 0.05) is 25.7 Å². The summed E-state index contributed by atoms with van der Waals surface area (Å²) in [5, 5.41) is 7.12. The predicted octanol–water partition coefficient (Wildman–Crippen LogP) is 2.79. The second-order valence-electron chi connectivity index (χ2n) is 8.65. The Labute approximate surface area is 169 Å². The van der Waals surface area contributed by atoms with Gasteiger partial charge in [0.05, 0.1) is 0 Å². The zero-order chi connectivity index (χ0) is 20.0. The summed E-state index contributed by atoms with van der Waals surface area (Å²) in [6.45, 7) is 6.72. The van der Waals surface area contributed by atoms with Crippen molar-refractivity contribution in [2.75, 3.05) is 7.05 Å². The van der Waals surface area contributed by atoms with Gasteiger partial charge in [-0.05, 0) is 36.0 Å². The van der Waals surface area contributed by atoms with Crippen LogP contribution in [0.15, 0.2) is 30.3 Å². The summed E-state index contributed by atoms with van der Waals surface area (Å²) >= 11 is 5.52. The van der Waals surface area contributed by atoms with Crippen LogP contribution in [0.4, 0.5) is 0 Å². The molecule has 1 aliphatic rings. The van der Waals surface area contributed by atoms with Crippen LogP contribution in [0, 0.1) is 5.41 Å². The van der Waals surface area contributed by atoms with E-state index in [-0.39, 0.29) is 23.4 Å². The molecule has 27 heavy (non-hydrogen) atoms. The molecule has 1 saturated carbocycles. The Morgan fingerprint density at radius 3 is 2.48 bits per heavy atom. The molecule has 0 aliphatic heterocycles. The Hall–Kier alpha value is -1.66. The van der Waals surface area contributed by atoms with Crippen LogP contribution >= 0.6 is 12.2 Å². The summed E-state index contributed by atoms with van der Waals surface area (Å²) in [5.74, 6) is 0.0310. The summed E-state index contributed by atoms with van der Waals surface area (Å²) in [6, 6.07) is 9.88. The number of carbonyl (C=O) groups is 1. The third-order valence-electron chi connectivity index (χ3n) is 5.16. The summed E-state index contributed by atoms with van der Waals surface area (Å²) in [7, 11) is 1.84. The van der Waals surface area contributed by atoms with E-state index in [0.29, 0.717) is 11.7 Å². The van der Waals surface area contributed by atoms with E-state index in [1.165, 1.54) is 6.42 Å². The highest BCUT2D eigenvalue weighted by Gasteiger charge is 2.34. The number of benzene rings is 1.